The van der Waals surface area contributed by atoms with E-state index in [0.717, 1.165) is 18.7 Å². The van der Waals surface area contributed by atoms with Gasteiger partial charge in [-0.3, -0.25) is 0 Å². The zero-order valence-corrected chi connectivity index (χ0v) is 22.5. The highest BCUT2D eigenvalue weighted by Crippen LogP contribution is 2.43. The van der Waals surface area contributed by atoms with Crippen LogP contribution < -0.4 is 9.64 Å². The Morgan fingerprint density at radius 2 is 1.49 bits per heavy atom. The minimum absolute atomic E-state index is 0.0721. The van der Waals surface area contributed by atoms with Crippen LogP contribution in [0.2, 0.25) is 15.1 Å². The molecule has 4 rings (SSSR count). The highest BCUT2D eigenvalue weighted by molar-refractivity contribution is 6.36. The van der Waals surface area contributed by atoms with Gasteiger partial charge in [-0.25, -0.2) is 13.8 Å². The van der Waals surface area contributed by atoms with Gasteiger partial charge in [0, 0.05) is 41.8 Å². The van der Waals surface area contributed by atoms with Crippen LogP contribution in [-0.4, -0.2) is 49.1 Å². The number of rotatable bonds is 8. The summed E-state index contributed by atoms with van der Waals surface area (Å²) in [6.45, 7) is 1.36. The van der Waals surface area contributed by atoms with Crippen LogP contribution in [0, 0.1) is 11.6 Å². The molecule has 0 aliphatic heterocycles. The summed E-state index contributed by atoms with van der Waals surface area (Å²) < 4.78 is 33.7. The van der Waals surface area contributed by atoms with E-state index in [1.165, 1.54) is 6.07 Å². The van der Waals surface area contributed by atoms with Crippen molar-refractivity contribution in [2.75, 3.05) is 39.1 Å². The van der Waals surface area contributed by atoms with Crippen molar-refractivity contribution in [3.63, 3.8) is 0 Å². The number of nitrogens with zero attached hydrogens (tertiary/aromatic N) is 4. The number of benzene rings is 3. The lowest BCUT2D eigenvalue weighted by Crippen LogP contribution is -2.29. The molecule has 10 heteroatoms. The molecule has 192 valence electrons. The molecule has 0 bridgehead atoms. The lowest BCUT2D eigenvalue weighted by molar-refractivity contribution is 0.414. The second-order valence-electron chi connectivity index (χ2n) is 8.59. The van der Waals surface area contributed by atoms with Crippen molar-refractivity contribution in [1.29, 1.82) is 0 Å². The SMILES string of the molecule is CN(C)CCN(C)c1nc(Oc2ccc(F)c(F)c2)c(-c2ccc(Cl)cc2)c(-c2ccc(Cl)cc2Cl)n1. The second kappa shape index (κ2) is 11.6. The van der Waals surface area contributed by atoms with E-state index < -0.39 is 11.6 Å². The number of ether oxygens (including phenoxy) is 1. The van der Waals surface area contributed by atoms with Gasteiger partial charge in [-0.2, -0.15) is 4.98 Å². The molecule has 0 unspecified atom stereocenters. The number of likely N-dealkylation sites (N-methyl/N-ethyl adjacent to an activating group) is 2. The molecule has 3 aromatic carbocycles. The van der Waals surface area contributed by atoms with E-state index in [4.69, 9.17) is 44.5 Å². The molecule has 0 radical (unpaired) electrons. The molecule has 37 heavy (non-hydrogen) atoms. The first-order valence-corrected chi connectivity index (χ1v) is 12.4. The van der Waals surface area contributed by atoms with E-state index in [9.17, 15) is 8.78 Å². The van der Waals surface area contributed by atoms with E-state index in [1.54, 1.807) is 42.5 Å². The predicted octanol–water partition coefficient (Wildman–Crippen LogP) is 7.84. The molecule has 5 nitrogen and oxygen atoms in total. The zero-order chi connectivity index (χ0) is 26.7. The molecule has 1 heterocycles. The van der Waals surface area contributed by atoms with Crippen LogP contribution in [0.15, 0.2) is 60.7 Å². The van der Waals surface area contributed by atoms with Crippen LogP contribution in [0.5, 0.6) is 11.6 Å². The summed E-state index contributed by atoms with van der Waals surface area (Å²) in [7, 11) is 5.79. The average molecular weight is 564 g/mol. The van der Waals surface area contributed by atoms with Crippen molar-refractivity contribution in [2.45, 2.75) is 0 Å². The molecular formula is C27H23Cl3F2N4O. The van der Waals surface area contributed by atoms with Crippen molar-refractivity contribution in [1.82, 2.24) is 14.9 Å². The number of hydrogen-bond donors (Lipinski definition) is 0. The van der Waals surface area contributed by atoms with E-state index in [1.807, 2.05) is 30.9 Å². The molecule has 0 atom stereocenters. The highest BCUT2D eigenvalue weighted by Gasteiger charge is 2.23. The fourth-order valence-corrected chi connectivity index (χ4v) is 4.15. The molecule has 0 aliphatic rings. The summed E-state index contributed by atoms with van der Waals surface area (Å²) in [4.78, 5) is 13.5. The van der Waals surface area contributed by atoms with Gasteiger partial charge in [0.25, 0.3) is 0 Å². The van der Waals surface area contributed by atoms with Crippen LogP contribution in [0.4, 0.5) is 14.7 Å². The monoisotopic (exact) mass is 562 g/mol. The molecule has 0 N–H and O–H groups in total. The van der Waals surface area contributed by atoms with Crippen molar-refractivity contribution in [3.05, 3.63) is 87.4 Å². The first kappa shape index (κ1) is 27.1. The van der Waals surface area contributed by atoms with Crippen molar-refractivity contribution in [3.8, 4) is 34.0 Å². The Hall–Kier alpha value is -2.97. The molecule has 0 saturated carbocycles. The summed E-state index contributed by atoms with van der Waals surface area (Å²) in [6.07, 6.45) is 0. The third-order valence-corrected chi connectivity index (χ3v) is 6.31. The Kier molecular flexibility index (Phi) is 8.49. The molecular weight excluding hydrogens is 541 g/mol. The molecule has 0 amide bonds. The van der Waals surface area contributed by atoms with Gasteiger partial charge in [-0.05, 0) is 62.1 Å². The lowest BCUT2D eigenvalue weighted by atomic mass is 10.00. The topological polar surface area (TPSA) is 41.5 Å². The predicted molar refractivity (Wildman–Crippen MR) is 146 cm³/mol. The van der Waals surface area contributed by atoms with Gasteiger partial charge < -0.3 is 14.5 Å². The fourth-order valence-electron chi connectivity index (χ4n) is 3.53. The minimum Gasteiger partial charge on any atom is -0.438 e. The zero-order valence-electron chi connectivity index (χ0n) is 20.3. The lowest BCUT2D eigenvalue weighted by Gasteiger charge is -2.23. The van der Waals surface area contributed by atoms with Crippen LogP contribution >= 0.6 is 34.8 Å². The third-order valence-electron chi connectivity index (χ3n) is 5.51. The second-order valence-corrected chi connectivity index (χ2v) is 9.87. The first-order valence-electron chi connectivity index (χ1n) is 11.2. The van der Waals surface area contributed by atoms with E-state index >= 15 is 0 Å². The van der Waals surface area contributed by atoms with Gasteiger partial charge >= 0.3 is 0 Å². The maximum absolute atomic E-state index is 14.0. The van der Waals surface area contributed by atoms with Crippen LogP contribution in [0.1, 0.15) is 0 Å². The maximum atomic E-state index is 14.0. The van der Waals surface area contributed by atoms with Crippen molar-refractivity contribution >= 4 is 40.8 Å². The Morgan fingerprint density at radius 3 is 2.14 bits per heavy atom. The normalized spacial score (nSPS) is 11.2. The molecule has 0 saturated heterocycles. The van der Waals surface area contributed by atoms with E-state index in [-0.39, 0.29) is 11.6 Å². The Morgan fingerprint density at radius 1 is 0.784 bits per heavy atom. The Balaban J connectivity index is 1.97. The van der Waals surface area contributed by atoms with E-state index in [0.29, 0.717) is 49.9 Å². The Bertz CT molecular complexity index is 1420. The summed E-state index contributed by atoms with van der Waals surface area (Å²) >= 11 is 18.9. The third kappa shape index (κ3) is 6.48. The molecule has 0 aliphatic carbocycles. The van der Waals surface area contributed by atoms with Gasteiger partial charge in [-0.1, -0.05) is 46.9 Å². The van der Waals surface area contributed by atoms with Gasteiger partial charge in [-0.15, -0.1) is 0 Å². The average Bonchev–Trinajstić information content (AvgIpc) is 2.85. The first-order chi connectivity index (χ1) is 17.6. The van der Waals surface area contributed by atoms with Gasteiger partial charge in [0.1, 0.15) is 5.75 Å². The molecule has 4 aromatic rings. The summed E-state index contributed by atoms with van der Waals surface area (Å²) in [5, 5.41) is 1.39. The maximum Gasteiger partial charge on any atom is 0.232 e. The minimum atomic E-state index is -1.04. The van der Waals surface area contributed by atoms with E-state index in [2.05, 4.69) is 4.98 Å². The summed E-state index contributed by atoms with van der Waals surface area (Å²) in [6, 6.07) is 15.4. The summed E-state index contributed by atoms with van der Waals surface area (Å²) in [5.74, 6) is -1.45. The van der Waals surface area contributed by atoms with Crippen molar-refractivity contribution < 1.29 is 13.5 Å². The fraction of sp³-hybridized carbons (Fsp3) is 0.185. The molecule has 1 aromatic heterocycles. The smallest absolute Gasteiger partial charge is 0.232 e. The standard InChI is InChI=1S/C27H23Cl3F2N4O/c1-35(2)12-13-36(3)27-33-25(20-10-8-18(29)14-21(20)30)24(16-4-6-17(28)7-5-16)26(34-27)37-19-9-11-22(31)23(32)15-19/h4-11,14-15H,12-13H2,1-3H3. The Labute approximate surface area is 229 Å². The number of hydrogen-bond acceptors (Lipinski definition) is 5. The summed E-state index contributed by atoms with van der Waals surface area (Å²) in [5.41, 5.74) is 2.25. The largest absolute Gasteiger partial charge is 0.438 e. The van der Waals surface area contributed by atoms with Crippen LogP contribution in [-0.2, 0) is 0 Å². The molecule has 0 fully saturated rings. The van der Waals surface area contributed by atoms with Crippen LogP contribution in [0.3, 0.4) is 0 Å². The number of halogens is 5. The quantitative estimate of drug-likeness (QED) is 0.218. The molecule has 0 spiro atoms. The van der Waals surface area contributed by atoms with Gasteiger partial charge in [0.2, 0.25) is 11.8 Å². The van der Waals surface area contributed by atoms with Gasteiger partial charge in [0.15, 0.2) is 11.6 Å². The van der Waals surface area contributed by atoms with Crippen LogP contribution in [0.25, 0.3) is 22.4 Å². The van der Waals surface area contributed by atoms with Gasteiger partial charge in [0.05, 0.1) is 16.3 Å². The number of anilines is 1. The van der Waals surface area contributed by atoms with Crippen molar-refractivity contribution in [2.24, 2.45) is 0 Å². The highest BCUT2D eigenvalue weighted by atomic mass is 35.5. The number of aromatic nitrogens is 2.